The van der Waals surface area contributed by atoms with Gasteiger partial charge in [0, 0.05) is 12.4 Å². The maximum absolute atomic E-state index is 12.0. The third-order valence-electron chi connectivity index (χ3n) is 2.29. The second-order valence-corrected chi connectivity index (χ2v) is 3.37. The normalized spacial score (nSPS) is 10.3. The van der Waals surface area contributed by atoms with Crippen molar-refractivity contribution in [2.75, 3.05) is 13.7 Å². The number of methoxy groups -OCH3 is 1. The molecule has 2 aromatic rings. The molecule has 0 atom stereocenters. The standard InChI is InChI=1S/C11H11N3O4/c1-3-18-10(16)7-5-12-9-6(8(7)15)4-13-11(14-9)17-2/h4-5H,3H2,1-2H3,(H,12,13,14,15). The lowest BCUT2D eigenvalue weighted by Crippen LogP contribution is -2.18. The average Bonchev–Trinajstić information content (AvgIpc) is 2.38. The molecule has 0 unspecified atom stereocenters. The topological polar surface area (TPSA) is 94.2 Å². The summed E-state index contributed by atoms with van der Waals surface area (Å²) in [5.74, 6) is -0.670. The van der Waals surface area contributed by atoms with Gasteiger partial charge in [-0.25, -0.2) is 9.78 Å². The Morgan fingerprint density at radius 2 is 2.28 bits per heavy atom. The zero-order chi connectivity index (χ0) is 13.1. The number of nitrogens with one attached hydrogen (secondary N) is 1. The van der Waals surface area contributed by atoms with Crippen molar-refractivity contribution in [2.45, 2.75) is 6.92 Å². The van der Waals surface area contributed by atoms with E-state index in [-0.39, 0.29) is 23.6 Å². The molecular formula is C11H11N3O4. The quantitative estimate of drug-likeness (QED) is 0.796. The van der Waals surface area contributed by atoms with Gasteiger partial charge in [0.2, 0.25) is 5.43 Å². The van der Waals surface area contributed by atoms with Gasteiger partial charge >= 0.3 is 12.0 Å². The van der Waals surface area contributed by atoms with Crippen molar-refractivity contribution < 1.29 is 14.3 Å². The van der Waals surface area contributed by atoms with Crippen LogP contribution in [0.1, 0.15) is 17.3 Å². The zero-order valence-corrected chi connectivity index (χ0v) is 9.89. The number of aromatic nitrogens is 3. The summed E-state index contributed by atoms with van der Waals surface area (Å²) in [5, 5.41) is 0.210. The molecule has 0 amide bonds. The number of nitrogens with zero attached hydrogens (tertiary/aromatic N) is 2. The minimum absolute atomic E-state index is 0.0712. The summed E-state index contributed by atoms with van der Waals surface area (Å²) < 4.78 is 9.62. The number of carbonyl (C=O) groups is 1. The van der Waals surface area contributed by atoms with E-state index in [1.165, 1.54) is 19.5 Å². The number of carbonyl (C=O) groups excluding carboxylic acids is 1. The Balaban J connectivity index is 2.58. The minimum Gasteiger partial charge on any atom is -0.467 e. The minimum atomic E-state index is -0.670. The zero-order valence-electron chi connectivity index (χ0n) is 9.89. The summed E-state index contributed by atoms with van der Waals surface area (Å²) in [4.78, 5) is 34.1. The Bertz CT molecular complexity index is 650. The van der Waals surface area contributed by atoms with Crippen LogP contribution in [0, 0.1) is 0 Å². The van der Waals surface area contributed by atoms with Crippen LogP contribution >= 0.6 is 0 Å². The Hall–Kier alpha value is -2.44. The molecule has 2 heterocycles. The number of aromatic amines is 1. The maximum Gasteiger partial charge on any atom is 0.343 e. The first-order valence-corrected chi connectivity index (χ1v) is 5.27. The molecule has 0 spiro atoms. The van der Waals surface area contributed by atoms with Crippen molar-refractivity contribution in [3.05, 3.63) is 28.2 Å². The fraction of sp³-hybridized carbons (Fsp3) is 0.273. The third kappa shape index (κ3) is 2.02. The van der Waals surface area contributed by atoms with Crippen LogP contribution < -0.4 is 10.2 Å². The average molecular weight is 249 g/mol. The van der Waals surface area contributed by atoms with Crippen molar-refractivity contribution >= 4 is 17.0 Å². The van der Waals surface area contributed by atoms with Crippen molar-refractivity contribution in [1.82, 2.24) is 15.0 Å². The largest absolute Gasteiger partial charge is 0.467 e. The van der Waals surface area contributed by atoms with Crippen molar-refractivity contribution in [3.8, 4) is 6.01 Å². The highest BCUT2D eigenvalue weighted by molar-refractivity contribution is 5.92. The third-order valence-corrected chi connectivity index (χ3v) is 2.29. The van der Waals surface area contributed by atoms with Crippen LogP contribution in [0.25, 0.3) is 11.0 Å². The molecule has 0 aromatic carbocycles. The van der Waals surface area contributed by atoms with Gasteiger partial charge in [0.25, 0.3) is 0 Å². The number of rotatable bonds is 3. The summed E-state index contributed by atoms with van der Waals surface area (Å²) in [6.07, 6.45) is 2.58. The predicted octanol–water partition coefficient (Wildman–Crippen LogP) is 0.503. The van der Waals surface area contributed by atoms with Crippen LogP contribution in [0.15, 0.2) is 17.2 Å². The van der Waals surface area contributed by atoms with Gasteiger partial charge in [-0.2, -0.15) is 4.98 Å². The second kappa shape index (κ2) is 4.82. The highest BCUT2D eigenvalue weighted by Gasteiger charge is 2.15. The molecule has 0 aliphatic carbocycles. The summed E-state index contributed by atoms with van der Waals surface area (Å²) in [5.41, 5.74) is -0.233. The van der Waals surface area contributed by atoms with Gasteiger partial charge in [-0.1, -0.05) is 0 Å². The van der Waals surface area contributed by atoms with Crippen molar-refractivity contribution in [2.24, 2.45) is 0 Å². The number of ether oxygens (including phenoxy) is 2. The van der Waals surface area contributed by atoms with E-state index in [4.69, 9.17) is 9.47 Å². The van der Waals surface area contributed by atoms with Crippen LogP contribution in [-0.4, -0.2) is 34.6 Å². The molecule has 2 aromatic heterocycles. The predicted molar refractivity (Wildman–Crippen MR) is 62.7 cm³/mol. The number of pyridine rings is 1. The van der Waals surface area contributed by atoms with Crippen molar-refractivity contribution in [3.63, 3.8) is 0 Å². The number of hydrogen-bond acceptors (Lipinski definition) is 6. The number of esters is 1. The van der Waals surface area contributed by atoms with Crippen LogP contribution in [-0.2, 0) is 4.74 Å². The van der Waals surface area contributed by atoms with Gasteiger partial charge in [0.15, 0.2) is 0 Å². The molecule has 0 saturated carbocycles. The lowest BCUT2D eigenvalue weighted by atomic mass is 10.2. The SMILES string of the molecule is CCOC(=O)c1c[nH]c2nc(OC)ncc2c1=O. The summed E-state index contributed by atoms with van der Waals surface area (Å²) in [6, 6.07) is 0.141. The van der Waals surface area contributed by atoms with E-state index < -0.39 is 11.4 Å². The molecule has 0 bridgehead atoms. The van der Waals surface area contributed by atoms with E-state index in [2.05, 4.69) is 15.0 Å². The van der Waals surface area contributed by atoms with Crippen LogP contribution in [0.3, 0.4) is 0 Å². The fourth-order valence-electron chi connectivity index (χ4n) is 1.45. The van der Waals surface area contributed by atoms with E-state index in [0.29, 0.717) is 5.65 Å². The first-order valence-electron chi connectivity index (χ1n) is 5.27. The molecule has 94 valence electrons. The second-order valence-electron chi connectivity index (χ2n) is 3.37. The Morgan fingerprint density at radius 1 is 1.50 bits per heavy atom. The molecule has 7 nitrogen and oxygen atoms in total. The molecule has 2 rings (SSSR count). The molecule has 0 saturated heterocycles. The van der Waals surface area contributed by atoms with E-state index in [0.717, 1.165) is 0 Å². The maximum atomic E-state index is 12.0. The molecule has 0 aliphatic rings. The monoisotopic (exact) mass is 249 g/mol. The number of fused-ring (bicyclic) bond motifs is 1. The number of H-pyrrole nitrogens is 1. The molecule has 7 heteroatoms. The van der Waals surface area contributed by atoms with Crippen LogP contribution in [0.2, 0.25) is 0 Å². The van der Waals surface area contributed by atoms with Crippen LogP contribution in [0.4, 0.5) is 0 Å². The summed E-state index contributed by atoms with van der Waals surface area (Å²) in [6.45, 7) is 1.87. The van der Waals surface area contributed by atoms with Gasteiger partial charge in [-0.3, -0.25) is 4.79 Å². The van der Waals surface area contributed by atoms with Gasteiger partial charge in [-0.15, -0.1) is 0 Å². The lowest BCUT2D eigenvalue weighted by Gasteiger charge is -2.03. The smallest absolute Gasteiger partial charge is 0.343 e. The Kier molecular flexibility index (Phi) is 3.22. The molecule has 0 aliphatic heterocycles. The molecule has 1 N–H and O–H groups in total. The summed E-state index contributed by atoms with van der Waals surface area (Å²) in [7, 11) is 1.42. The van der Waals surface area contributed by atoms with Crippen LogP contribution in [0.5, 0.6) is 6.01 Å². The highest BCUT2D eigenvalue weighted by atomic mass is 16.5. The first kappa shape index (κ1) is 12.0. The van der Waals surface area contributed by atoms with E-state index in [1.807, 2.05) is 0 Å². The summed E-state index contributed by atoms with van der Waals surface area (Å²) >= 11 is 0. The van der Waals surface area contributed by atoms with Crippen molar-refractivity contribution in [1.29, 1.82) is 0 Å². The van der Waals surface area contributed by atoms with Gasteiger partial charge in [0.1, 0.15) is 11.2 Å². The molecular weight excluding hydrogens is 238 g/mol. The Morgan fingerprint density at radius 3 is 2.94 bits per heavy atom. The molecule has 0 radical (unpaired) electrons. The van der Waals surface area contributed by atoms with E-state index in [1.54, 1.807) is 6.92 Å². The first-order chi connectivity index (χ1) is 8.67. The molecule has 0 fully saturated rings. The van der Waals surface area contributed by atoms with Gasteiger partial charge < -0.3 is 14.5 Å². The lowest BCUT2D eigenvalue weighted by molar-refractivity contribution is 0.0524. The highest BCUT2D eigenvalue weighted by Crippen LogP contribution is 2.08. The van der Waals surface area contributed by atoms with Gasteiger partial charge in [-0.05, 0) is 6.92 Å². The van der Waals surface area contributed by atoms with E-state index in [9.17, 15) is 9.59 Å². The fourth-order valence-corrected chi connectivity index (χ4v) is 1.45. The van der Waals surface area contributed by atoms with E-state index >= 15 is 0 Å². The number of hydrogen-bond donors (Lipinski definition) is 1. The van der Waals surface area contributed by atoms with Gasteiger partial charge in [0.05, 0.1) is 19.1 Å². The Labute approximate surface area is 102 Å². The molecule has 18 heavy (non-hydrogen) atoms.